The first-order valence-corrected chi connectivity index (χ1v) is 7.08. The van der Waals surface area contributed by atoms with Crippen molar-refractivity contribution in [1.29, 1.82) is 0 Å². The Morgan fingerprint density at radius 1 is 1.11 bits per heavy atom. The third-order valence-electron chi connectivity index (χ3n) is 3.05. The lowest BCUT2D eigenvalue weighted by Crippen LogP contribution is -2.22. The number of hydrogen-bond donors (Lipinski definition) is 1. The Bertz CT molecular complexity index is 730. The molecule has 2 aromatic heterocycles. The van der Waals surface area contributed by atoms with Gasteiger partial charge < -0.3 is 9.88 Å². The minimum Gasteiger partial charge on any atom is -0.383 e. The fraction of sp³-hybridized carbons (Fsp3) is 0.133. The van der Waals surface area contributed by atoms with Gasteiger partial charge in [-0.15, -0.1) is 11.3 Å². The maximum absolute atomic E-state index is 12.2. The van der Waals surface area contributed by atoms with E-state index in [0.717, 1.165) is 22.3 Å². The number of rotatable bonds is 4. The summed E-state index contributed by atoms with van der Waals surface area (Å²) < 4.78 is 2.81. The van der Waals surface area contributed by atoms with E-state index in [-0.39, 0.29) is 5.56 Å². The van der Waals surface area contributed by atoms with Crippen LogP contribution < -0.4 is 10.9 Å². The van der Waals surface area contributed by atoms with E-state index in [1.165, 1.54) is 0 Å². The largest absolute Gasteiger partial charge is 0.383 e. The summed E-state index contributed by atoms with van der Waals surface area (Å²) in [4.78, 5) is 12.2. The highest BCUT2D eigenvalue weighted by atomic mass is 32.1. The Morgan fingerprint density at radius 2 is 1.95 bits per heavy atom. The summed E-state index contributed by atoms with van der Waals surface area (Å²) in [5.41, 5.74) is 1.17. The molecule has 0 unspecified atom stereocenters. The van der Waals surface area contributed by atoms with E-state index in [1.807, 2.05) is 54.0 Å². The number of fused-ring (bicyclic) bond motifs is 1. The number of para-hydroxylation sites is 1. The van der Waals surface area contributed by atoms with Gasteiger partial charge in [0, 0.05) is 29.7 Å². The smallest absolute Gasteiger partial charge is 0.259 e. The van der Waals surface area contributed by atoms with Gasteiger partial charge in [-0.25, -0.2) is 0 Å². The maximum atomic E-state index is 12.2. The first-order valence-electron chi connectivity index (χ1n) is 6.20. The summed E-state index contributed by atoms with van der Waals surface area (Å²) >= 11 is 1.60. The molecule has 0 bridgehead atoms. The predicted molar refractivity (Wildman–Crippen MR) is 81.0 cm³/mol. The highest BCUT2D eigenvalue weighted by Crippen LogP contribution is 2.16. The van der Waals surface area contributed by atoms with Crippen LogP contribution >= 0.6 is 11.3 Å². The van der Waals surface area contributed by atoms with E-state index in [9.17, 15) is 4.79 Å². The van der Waals surface area contributed by atoms with E-state index in [1.54, 1.807) is 15.9 Å². The van der Waals surface area contributed by atoms with Crippen LogP contribution in [-0.4, -0.2) is 11.1 Å². The Hall–Kier alpha value is -2.07. The summed E-state index contributed by atoms with van der Waals surface area (Å²) in [5, 5.41) is 6.07. The fourth-order valence-electron chi connectivity index (χ4n) is 2.06. The van der Waals surface area contributed by atoms with Crippen LogP contribution in [0.4, 0.5) is 5.69 Å². The molecule has 0 atom stereocenters. The van der Waals surface area contributed by atoms with Crippen molar-refractivity contribution in [2.45, 2.75) is 6.54 Å². The van der Waals surface area contributed by atoms with E-state index in [0.29, 0.717) is 6.54 Å². The highest BCUT2D eigenvalue weighted by Gasteiger charge is 2.02. The molecule has 0 spiro atoms. The molecule has 96 valence electrons. The number of anilines is 1. The Morgan fingerprint density at radius 3 is 2.79 bits per heavy atom. The SMILES string of the molecule is O=c1c2ccsc2ccn1CCNc1ccccc1. The van der Waals surface area contributed by atoms with Gasteiger partial charge in [-0.05, 0) is 29.6 Å². The van der Waals surface area contributed by atoms with Gasteiger partial charge in [-0.1, -0.05) is 18.2 Å². The normalized spacial score (nSPS) is 10.7. The van der Waals surface area contributed by atoms with Crippen molar-refractivity contribution < 1.29 is 0 Å². The molecule has 19 heavy (non-hydrogen) atoms. The molecule has 0 aliphatic carbocycles. The third kappa shape index (κ3) is 2.53. The van der Waals surface area contributed by atoms with Gasteiger partial charge >= 0.3 is 0 Å². The highest BCUT2D eigenvalue weighted by molar-refractivity contribution is 7.17. The van der Waals surface area contributed by atoms with Gasteiger partial charge in [0.15, 0.2) is 0 Å². The molecule has 3 nitrogen and oxygen atoms in total. The first-order chi connectivity index (χ1) is 9.34. The lowest BCUT2D eigenvalue weighted by molar-refractivity contribution is 0.704. The van der Waals surface area contributed by atoms with Gasteiger partial charge in [-0.3, -0.25) is 4.79 Å². The second kappa shape index (κ2) is 5.28. The lowest BCUT2D eigenvalue weighted by Gasteiger charge is -2.08. The minimum atomic E-state index is 0.0913. The summed E-state index contributed by atoms with van der Waals surface area (Å²) in [6.45, 7) is 1.40. The summed E-state index contributed by atoms with van der Waals surface area (Å²) in [5.74, 6) is 0. The monoisotopic (exact) mass is 270 g/mol. The van der Waals surface area contributed by atoms with Crippen LogP contribution in [0.25, 0.3) is 10.1 Å². The molecule has 0 saturated carbocycles. The average Bonchev–Trinajstić information content (AvgIpc) is 2.92. The molecule has 4 heteroatoms. The molecule has 0 radical (unpaired) electrons. The number of thiophene rings is 1. The molecule has 0 saturated heterocycles. The number of nitrogens with one attached hydrogen (secondary N) is 1. The Kier molecular flexibility index (Phi) is 3.33. The molecule has 1 aromatic carbocycles. The molecule has 3 aromatic rings. The van der Waals surface area contributed by atoms with Gasteiger partial charge in [0.25, 0.3) is 5.56 Å². The average molecular weight is 270 g/mol. The van der Waals surface area contributed by atoms with Crippen molar-refractivity contribution in [3.8, 4) is 0 Å². The number of hydrogen-bond acceptors (Lipinski definition) is 3. The predicted octanol–water partition coefficient (Wildman–Crippen LogP) is 3.18. The molecular formula is C15H14N2OS. The van der Waals surface area contributed by atoms with E-state index < -0.39 is 0 Å². The second-order valence-electron chi connectivity index (χ2n) is 4.31. The van der Waals surface area contributed by atoms with Crippen LogP contribution in [0.3, 0.4) is 0 Å². The van der Waals surface area contributed by atoms with E-state index in [4.69, 9.17) is 0 Å². The zero-order chi connectivity index (χ0) is 13.1. The van der Waals surface area contributed by atoms with Crippen molar-refractivity contribution in [3.05, 3.63) is 64.4 Å². The van der Waals surface area contributed by atoms with Crippen molar-refractivity contribution in [2.24, 2.45) is 0 Å². The standard InChI is InChI=1S/C15H14N2OS/c18-15-13-7-11-19-14(13)6-9-17(15)10-8-16-12-4-2-1-3-5-12/h1-7,9,11,16H,8,10H2. The maximum Gasteiger partial charge on any atom is 0.259 e. The van der Waals surface area contributed by atoms with Gasteiger partial charge in [0.1, 0.15) is 0 Å². The molecule has 0 fully saturated rings. The van der Waals surface area contributed by atoms with Gasteiger partial charge in [0.2, 0.25) is 0 Å². The number of benzene rings is 1. The van der Waals surface area contributed by atoms with Crippen molar-refractivity contribution in [2.75, 3.05) is 11.9 Å². The van der Waals surface area contributed by atoms with Crippen molar-refractivity contribution in [3.63, 3.8) is 0 Å². The molecule has 0 aliphatic rings. The Balaban J connectivity index is 1.72. The van der Waals surface area contributed by atoms with Crippen molar-refractivity contribution in [1.82, 2.24) is 4.57 Å². The molecular weight excluding hydrogens is 256 g/mol. The quantitative estimate of drug-likeness (QED) is 0.790. The van der Waals surface area contributed by atoms with Crippen LogP contribution in [0.1, 0.15) is 0 Å². The van der Waals surface area contributed by atoms with Gasteiger partial charge in [-0.2, -0.15) is 0 Å². The molecule has 0 aliphatic heterocycles. The van der Waals surface area contributed by atoms with Crippen molar-refractivity contribution >= 4 is 27.1 Å². The zero-order valence-electron chi connectivity index (χ0n) is 10.4. The number of pyridine rings is 1. The molecule has 0 amide bonds. The Labute approximate surface area is 115 Å². The summed E-state index contributed by atoms with van der Waals surface area (Å²) in [6, 6.07) is 13.9. The molecule has 2 heterocycles. The minimum absolute atomic E-state index is 0.0913. The van der Waals surface area contributed by atoms with Crippen LogP contribution in [0.15, 0.2) is 58.8 Å². The summed E-state index contributed by atoms with van der Waals surface area (Å²) in [6.07, 6.45) is 1.87. The van der Waals surface area contributed by atoms with Gasteiger partial charge in [0.05, 0.1) is 5.39 Å². The third-order valence-corrected chi connectivity index (χ3v) is 3.93. The molecule has 1 N–H and O–H groups in total. The van der Waals surface area contributed by atoms with Crippen LogP contribution in [0, 0.1) is 0 Å². The lowest BCUT2D eigenvalue weighted by atomic mass is 10.3. The number of aromatic nitrogens is 1. The van der Waals surface area contributed by atoms with Crippen LogP contribution in [0.2, 0.25) is 0 Å². The topological polar surface area (TPSA) is 34.0 Å². The first kappa shape index (κ1) is 12.0. The van der Waals surface area contributed by atoms with E-state index in [2.05, 4.69) is 5.32 Å². The second-order valence-corrected chi connectivity index (χ2v) is 5.25. The van der Waals surface area contributed by atoms with Crippen LogP contribution in [0.5, 0.6) is 0 Å². The van der Waals surface area contributed by atoms with Crippen LogP contribution in [-0.2, 0) is 6.54 Å². The molecule has 3 rings (SSSR count). The number of nitrogens with zero attached hydrogens (tertiary/aromatic N) is 1. The van der Waals surface area contributed by atoms with E-state index >= 15 is 0 Å². The fourth-order valence-corrected chi connectivity index (χ4v) is 2.83. The summed E-state index contributed by atoms with van der Waals surface area (Å²) in [7, 11) is 0. The zero-order valence-corrected chi connectivity index (χ0v) is 11.2.